The van der Waals surface area contributed by atoms with E-state index in [1.165, 1.54) is 19.3 Å². The smallest absolute Gasteiger partial charge is 0.237 e. The van der Waals surface area contributed by atoms with Crippen molar-refractivity contribution in [1.29, 1.82) is 0 Å². The van der Waals surface area contributed by atoms with Crippen LogP contribution in [0, 0.1) is 17.8 Å². The highest BCUT2D eigenvalue weighted by molar-refractivity contribution is 5.82. The Morgan fingerprint density at radius 3 is 2.69 bits per heavy atom. The van der Waals surface area contributed by atoms with Gasteiger partial charge in [0.25, 0.3) is 0 Å². The highest BCUT2D eigenvalue weighted by atomic mass is 16.2. The van der Waals surface area contributed by atoms with Gasteiger partial charge in [-0.3, -0.25) is 4.79 Å². The van der Waals surface area contributed by atoms with E-state index in [1.807, 2.05) is 6.08 Å². The molecule has 0 radical (unpaired) electrons. The first kappa shape index (κ1) is 11.6. The summed E-state index contributed by atoms with van der Waals surface area (Å²) in [6.07, 6.45) is 7.74. The SMILES string of the molecule is C=CCC1CCC1[C@@H](N)C(=O)NCC1CC1. The Morgan fingerprint density at radius 1 is 1.44 bits per heavy atom. The molecule has 3 heteroatoms. The van der Waals surface area contributed by atoms with Crippen molar-refractivity contribution in [2.24, 2.45) is 23.5 Å². The van der Waals surface area contributed by atoms with Crippen molar-refractivity contribution < 1.29 is 4.79 Å². The molecule has 3 nitrogen and oxygen atoms in total. The molecule has 2 fully saturated rings. The highest BCUT2D eigenvalue weighted by Gasteiger charge is 2.37. The Balaban J connectivity index is 1.74. The summed E-state index contributed by atoms with van der Waals surface area (Å²) in [4.78, 5) is 11.8. The van der Waals surface area contributed by atoms with Crippen LogP contribution in [0.2, 0.25) is 0 Å². The molecule has 90 valence electrons. The van der Waals surface area contributed by atoms with Gasteiger partial charge in [0.1, 0.15) is 0 Å². The highest BCUT2D eigenvalue weighted by Crippen LogP contribution is 2.38. The van der Waals surface area contributed by atoms with Gasteiger partial charge in [0.15, 0.2) is 0 Å². The van der Waals surface area contributed by atoms with Crippen LogP contribution in [0.15, 0.2) is 12.7 Å². The van der Waals surface area contributed by atoms with Gasteiger partial charge in [-0.15, -0.1) is 6.58 Å². The van der Waals surface area contributed by atoms with E-state index >= 15 is 0 Å². The van der Waals surface area contributed by atoms with Crippen molar-refractivity contribution >= 4 is 5.91 Å². The molecular formula is C13H22N2O. The molecule has 2 aliphatic carbocycles. The second-order valence-corrected chi connectivity index (χ2v) is 5.24. The maximum atomic E-state index is 11.8. The van der Waals surface area contributed by atoms with Crippen molar-refractivity contribution in [3.05, 3.63) is 12.7 Å². The molecule has 0 aromatic rings. The number of nitrogens with one attached hydrogen (secondary N) is 1. The van der Waals surface area contributed by atoms with Gasteiger partial charge in [0.05, 0.1) is 6.04 Å². The van der Waals surface area contributed by atoms with Crippen molar-refractivity contribution in [3.63, 3.8) is 0 Å². The minimum Gasteiger partial charge on any atom is -0.354 e. The molecule has 3 atom stereocenters. The third-order valence-corrected chi connectivity index (χ3v) is 3.97. The second kappa shape index (κ2) is 5.00. The van der Waals surface area contributed by atoms with Crippen molar-refractivity contribution in [2.45, 2.75) is 38.1 Å². The van der Waals surface area contributed by atoms with E-state index in [4.69, 9.17) is 5.73 Å². The predicted octanol–water partition coefficient (Wildman–Crippen LogP) is 1.44. The molecule has 2 unspecified atom stereocenters. The van der Waals surface area contributed by atoms with Gasteiger partial charge in [-0.1, -0.05) is 6.08 Å². The summed E-state index contributed by atoms with van der Waals surface area (Å²) in [7, 11) is 0. The van der Waals surface area contributed by atoms with Gasteiger partial charge in [-0.2, -0.15) is 0 Å². The van der Waals surface area contributed by atoms with E-state index in [9.17, 15) is 4.79 Å². The zero-order valence-corrected chi connectivity index (χ0v) is 9.82. The normalized spacial score (nSPS) is 30.3. The number of hydrogen-bond acceptors (Lipinski definition) is 2. The molecule has 3 N–H and O–H groups in total. The fourth-order valence-electron chi connectivity index (χ4n) is 2.45. The van der Waals surface area contributed by atoms with Crippen LogP contribution in [0.4, 0.5) is 0 Å². The molecule has 1 amide bonds. The molecule has 2 rings (SSSR count). The summed E-state index contributed by atoms with van der Waals surface area (Å²) in [6, 6.07) is -0.308. The summed E-state index contributed by atoms with van der Waals surface area (Å²) in [5, 5.41) is 2.97. The number of hydrogen-bond donors (Lipinski definition) is 2. The monoisotopic (exact) mass is 222 g/mol. The maximum Gasteiger partial charge on any atom is 0.237 e. The number of allylic oxidation sites excluding steroid dienone is 1. The van der Waals surface area contributed by atoms with Gasteiger partial charge in [0, 0.05) is 6.54 Å². The summed E-state index contributed by atoms with van der Waals surface area (Å²) in [6.45, 7) is 4.57. The van der Waals surface area contributed by atoms with Crippen LogP contribution in [0.3, 0.4) is 0 Å². The van der Waals surface area contributed by atoms with E-state index in [-0.39, 0.29) is 11.9 Å². The molecule has 0 aliphatic heterocycles. The third-order valence-electron chi connectivity index (χ3n) is 3.97. The standard InChI is InChI=1S/C13H22N2O/c1-2-3-10-6-7-11(10)12(14)13(16)15-8-9-4-5-9/h2,9-12H,1,3-8,14H2,(H,15,16)/t10?,11?,12-/m1/s1. The Bertz CT molecular complexity index is 273. The van der Waals surface area contributed by atoms with E-state index in [0.29, 0.717) is 11.8 Å². The summed E-state index contributed by atoms with van der Waals surface area (Å²) in [5.74, 6) is 1.73. The second-order valence-electron chi connectivity index (χ2n) is 5.24. The molecule has 16 heavy (non-hydrogen) atoms. The largest absolute Gasteiger partial charge is 0.354 e. The van der Waals surface area contributed by atoms with Gasteiger partial charge >= 0.3 is 0 Å². The topological polar surface area (TPSA) is 55.1 Å². The molecule has 0 aromatic heterocycles. The van der Waals surface area contributed by atoms with Gasteiger partial charge in [-0.25, -0.2) is 0 Å². The van der Waals surface area contributed by atoms with E-state index < -0.39 is 0 Å². The minimum absolute atomic E-state index is 0.0469. The van der Waals surface area contributed by atoms with Crippen molar-refractivity contribution in [1.82, 2.24) is 5.32 Å². The summed E-state index contributed by atoms with van der Waals surface area (Å²) < 4.78 is 0. The van der Waals surface area contributed by atoms with Gasteiger partial charge in [0.2, 0.25) is 5.91 Å². The van der Waals surface area contributed by atoms with Crippen LogP contribution in [-0.4, -0.2) is 18.5 Å². The average molecular weight is 222 g/mol. The molecule has 0 saturated heterocycles. The van der Waals surface area contributed by atoms with Crippen LogP contribution in [0.25, 0.3) is 0 Å². The van der Waals surface area contributed by atoms with Gasteiger partial charge < -0.3 is 11.1 Å². The van der Waals surface area contributed by atoms with Gasteiger partial charge in [-0.05, 0) is 49.9 Å². The first-order valence-corrected chi connectivity index (χ1v) is 6.36. The lowest BCUT2D eigenvalue weighted by Crippen LogP contribution is -2.51. The van der Waals surface area contributed by atoms with Crippen LogP contribution in [0.5, 0.6) is 0 Å². The van der Waals surface area contributed by atoms with Crippen LogP contribution >= 0.6 is 0 Å². The number of nitrogens with two attached hydrogens (primary N) is 1. The zero-order valence-electron chi connectivity index (χ0n) is 9.82. The van der Waals surface area contributed by atoms with E-state index in [1.54, 1.807) is 0 Å². The lowest BCUT2D eigenvalue weighted by molar-refractivity contribution is -0.125. The molecule has 0 bridgehead atoms. The van der Waals surface area contributed by atoms with Crippen LogP contribution in [-0.2, 0) is 4.79 Å². The Kier molecular flexibility index (Phi) is 3.64. The van der Waals surface area contributed by atoms with E-state index in [0.717, 1.165) is 25.3 Å². The lowest BCUT2D eigenvalue weighted by atomic mass is 9.68. The molecule has 2 saturated carbocycles. The lowest BCUT2D eigenvalue weighted by Gasteiger charge is -2.39. The Morgan fingerprint density at radius 2 is 2.19 bits per heavy atom. The first-order valence-electron chi connectivity index (χ1n) is 6.36. The number of rotatable bonds is 6. The number of carbonyl (C=O) groups is 1. The first-order chi connectivity index (χ1) is 7.72. The number of amides is 1. The van der Waals surface area contributed by atoms with Crippen molar-refractivity contribution in [2.75, 3.05) is 6.54 Å². The summed E-state index contributed by atoms with van der Waals surface area (Å²) in [5.41, 5.74) is 6.00. The predicted molar refractivity (Wildman–Crippen MR) is 64.7 cm³/mol. The Hall–Kier alpha value is -0.830. The van der Waals surface area contributed by atoms with E-state index in [2.05, 4.69) is 11.9 Å². The fourth-order valence-corrected chi connectivity index (χ4v) is 2.45. The van der Waals surface area contributed by atoms with Crippen molar-refractivity contribution in [3.8, 4) is 0 Å². The molecule has 0 spiro atoms. The van der Waals surface area contributed by atoms with Crippen LogP contribution < -0.4 is 11.1 Å². The average Bonchev–Trinajstić information content (AvgIpc) is 3.04. The third kappa shape index (κ3) is 2.64. The fraction of sp³-hybridized carbons (Fsp3) is 0.769. The van der Waals surface area contributed by atoms with Crippen LogP contribution in [0.1, 0.15) is 32.1 Å². The molecule has 0 aromatic carbocycles. The number of carbonyl (C=O) groups excluding carboxylic acids is 1. The Labute approximate surface area is 97.5 Å². The molecule has 0 heterocycles. The molecular weight excluding hydrogens is 200 g/mol. The quantitative estimate of drug-likeness (QED) is 0.668. The summed E-state index contributed by atoms with van der Waals surface area (Å²) >= 11 is 0. The zero-order chi connectivity index (χ0) is 11.5. The minimum atomic E-state index is -0.308. The molecule has 2 aliphatic rings. The maximum absolute atomic E-state index is 11.8.